The van der Waals surface area contributed by atoms with E-state index in [1.54, 1.807) is 6.08 Å². The third-order valence-electron chi connectivity index (χ3n) is 5.47. The molecule has 1 aromatic carbocycles. The van der Waals surface area contributed by atoms with Gasteiger partial charge < -0.3 is 28.4 Å². The molecule has 0 amide bonds. The van der Waals surface area contributed by atoms with Crippen molar-refractivity contribution in [3.8, 4) is 11.5 Å². The van der Waals surface area contributed by atoms with E-state index in [1.807, 2.05) is 71.0 Å². The van der Waals surface area contributed by atoms with Gasteiger partial charge in [0.1, 0.15) is 5.60 Å². The zero-order chi connectivity index (χ0) is 24.2. The molecule has 0 bridgehead atoms. The van der Waals surface area contributed by atoms with Crippen molar-refractivity contribution < 1.29 is 33.2 Å². The van der Waals surface area contributed by atoms with Gasteiger partial charge in [0.15, 0.2) is 24.4 Å². The maximum atomic E-state index is 11.9. The quantitative estimate of drug-likeness (QED) is 0.197. The van der Waals surface area contributed by atoms with Gasteiger partial charge in [-0.1, -0.05) is 29.9 Å². The number of benzene rings is 1. The second-order valence-corrected chi connectivity index (χ2v) is 8.68. The highest BCUT2D eigenvalue weighted by atomic mass is 16.8. The van der Waals surface area contributed by atoms with Gasteiger partial charge in [-0.25, -0.2) is 4.79 Å². The van der Waals surface area contributed by atoms with Crippen molar-refractivity contribution in [3.63, 3.8) is 0 Å². The van der Waals surface area contributed by atoms with Gasteiger partial charge in [-0.15, -0.1) is 0 Å². The van der Waals surface area contributed by atoms with Crippen molar-refractivity contribution in [1.82, 2.24) is 0 Å². The molecule has 3 rings (SSSR count). The monoisotopic (exact) mass is 456 g/mol. The van der Waals surface area contributed by atoms with Crippen molar-refractivity contribution in [3.05, 3.63) is 65.0 Å². The van der Waals surface area contributed by atoms with Gasteiger partial charge in [-0.3, -0.25) is 0 Å². The first kappa shape index (κ1) is 24.6. The van der Waals surface area contributed by atoms with Gasteiger partial charge in [0, 0.05) is 0 Å². The number of fused-ring (bicyclic) bond motifs is 1. The lowest BCUT2D eigenvalue weighted by Crippen LogP contribution is -2.58. The Hall–Kier alpha value is -3.03. The van der Waals surface area contributed by atoms with E-state index in [0.717, 1.165) is 11.1 Å². The van der Waals surface area contributed by atoms with E-state index in [1.165, 1.54) is 20.5 Å². The lowest BCUT2D eigenvalue weighted by atomic mass is 9.97. The summed E-state index contributed by atoms with van der Waals surface area (Å²) in [6.45, 7) is 9.88. The molecule has 0 aromatic heterocycles. The number of rotatable bonds is 6. The van der Waals surface area contributed by atoms with Crippen molar-refractivity contribution in [2.24, 2.45) is 0 Å². The Morgan fingerprint density at radius 2 is 1.88 bits per heavy atom. The fraction of sp³-hybridized carbons (Fsp3) is 0.423. The third kappa shape index (κ3) is 5.31. The summed E-state index contributed by atoms with van der Waals surface area (Å²) in [6.07, 6.45) is 8.33. The highest BCUT2D eigenvalue weighted by Gasteiger charge is 2.60. The van der Waals surface area contributed by atoms with Crippen LogP contribution in [0.2, 0.25) is 0 Å². The number of hydrogen-bond donors (Lipinski definition) is 0. The van der Waals surface area contributed by atoms with Crippen molar-refractivity contribution in [2.45, 2.75) is 52.3 Å². The molecule has 0 unspecified atom stereocenters. The highest BCUT2D eigenvalue weighted by molar-refractivity contribution is 5.93. The van der Waals surface area contributed by atoms with Crippen LogP contribution in [-0.2, 0) is 23.7 Å². The van der Waals surface area contributed by atoms with Crippen LogP contribution >= 0.6 is 0 Å². The molecule has 178 valence electrons. The van der Waals surface area contributed by atoms with Crippen LogP contribution < -0.4 is 9.47 Å². The van der Waals surface area contributed by atoms with Crippen LogP contribution in [0, 0.1) is 0 Å². The van der Waals surface area contributed by atoms with Gasteiger partial charge in [0.2, 0.25) is 0 Å². The molecule has 1 spiro atoms. The molecule has 0 N–H and O–H groups in total. The summed E-state index contributed by atoms with van der Waals surface area (Å²) in [5.41, 5.74) is 2.33. The summed E-state index contributed by atoms with van der Waals surface area (Å²) in [6, 6.07) is 5.67. The second-order valence-electron chi connectivity index (χ2n) is 8.68. The summed E-state index contributed by atoms with van der Waals surface area (Å²) < 4.78 is 34.4. The predicted octanol–water partition coefficient (Wildman–Crippen LogP) is 4.93. The highest BCUT2D eigenvalue weighted by Crippen LogP contribution is 2.46. The van der Waals surface area contributed by atoms with Crippen molar-refractivity contribution in [1.29, 1.82) is 0 Å². The maximum absolute atomic E-state index is 11.9. The number of carbonyl (C=O) groups excluding carboxylic acids is 1. The molecule has 2 aliphatic rings. The summed E-state index contributed by atoms with van der Waals surface area (Å²) in [7, 11) is 2.81. The van der Waals surface area contributed by atoms with E-state index < -0.39 is 23.6 Å². The van der Waals surface area contributed by atoms with Gasteiger partial charge in [0.25, 0.3) is 5.79 Å². The minimum absolute atomic E-state index is 0.222. The molecular formula is C26H32O7. The first-order chi connectivity index (χ1) is 15.6. The summed E-state index contributed by atoms with van der Waals surface area (Å²) >= 11 is 0. The largest absolute Gasteiger partial charge is 0.503 e. The van der Waals surface area contributed by atoms with Crippen LogP contribution in [0.5, 0.6) is 11.5 Å². The molecule has 2 atom stereocenters. The Kier molecular flexibility index (Phi) is 7.34. The van der Waals surface area contributed by atoms with E-state index in [2.05, 4.69) is 0 Å². The molecule has 33 heavy (non-hydrogen) atoms. The van der Waals surface area contributed by atoms with Crippen LogP contribution in [0.1, 0.15) is 40.2 Å². The van der Waals surface area contributed by atoms with Gasteiger partial charge in [-0.2, -0.15) is 0 Å². The molecule has 2 heterocycles. The van der Waals surface area contributed by atoms with Crippen LogP contribution in [0.15, 0.2) is 59.4 Å². The van der Waals surface area contributed by atoms with Crippen molar-refractivity contribution >= 4 is 12.0 Å². The van der Waals surface area contributed by atoms with Crippen LogP contribution in [0.25, 0.3) is 6.08 Å². The van der Waals surface area contributed by atoms with Gasteiger partial charge in [0.05, 0.1) is 26.1 Å². The first-order valence-electron chi connectivity index (χ1n) is 10.7. The number of methoxy groups -OCH3 is 2. The number of hydrogen-bond acceptors (Lipinski definition) is 7. The lowest BCUT2D eigenvalue weighted by molar-refractivity contribution is -0.216. The number of carbonyl (C=O) groups is 1. The standard InChI is InChI=1S/C26H32O7/c1-17(2)13-23-32-25(4,5)26(33-23)16-30-21-12-11-19(14-22(21)31-26)10-8-9-18(3)20(15-28-6)24(27)29-7/h8-15,23H,16H2,1-7H3/b10-8+,18-9+,20-15+/t23-,26+/m1/s1. The van der Waals surface area contributed by atoms with E-state index in [0.29, 0.717) is 22.6 Å². The molecule has 0 radical (unpaired) electrons. The minimum Gasteiger partial charge on any atom is -0.503 e. The summed E-state index contributed by atoms with van der Waals surface area (Å²) in [5, 5.41) is 0. The molecule has 0 saturated carbocycles. The predicted molar refractivity (Wildman–Crippen MR) is 125 cm³/mol. The average molecular weight is 457 g/mol. The zero-order valence-electron chi connectivity index (χ0n) is 20.3. The van der Waals surface area contributed by atoms with Gasteiger partial charge in [-0.05, 0) is 64.0 Å². The average Bonchev–Trinajstić information content (AvgIpc) is 2.98. The first-order valence-corrected chi connectivity index (χ1v) is 10.7. The molecular weight excluding hydrogens is 424 g/mol. The fourth-order valence-corrected chi connectivity index (χ4v) is 3.56. The summed E-state index contributed by atoms with van der Waals surface area (Å²) in [4.78, 5) is 11.9. The molecule has 2 aliphatic heterocycles. The zero-order valence-corrected chi connectivity index (χ0v) is 20.3. The number of allylic oxidation sites excluding steroid dienone is 3. The Labute approximate surface area is 195 Å². The SMILES string of the molecule is CO\C=C(C(=O)OC)/C(C)=C/C=C/c1ccc2c(c1)O[C@@]1(CO2)O[C@H](C=C(C)C)OC1(C)C. The smallest absolute Gasteiger partial charge is 0.341 e. The van der Waals surface area contributed by atoms with Crippen LogP contribution in [0.4, 0.5) is 0 Å². The van der Waals surface area contributed by atoms with E-state index in [4.69, 9.17) is 28.4 Å². The topological polar surface area (TPSA) is 72.5 Å². The van der Waals surface area contributed by atoms with E-state index >= 15 is 0 Å². The Morgan fingerprint density at radius 1 is 1.12 bits per heavy atom. The Balaban J connectivity index is 1.81. The molecule has 0 aliphatic carbocycles. The lowest BCUT2D eigenvalue weighted by Gasteiger charge is -2.40. The molecule has 1 saturated heterocycles. The Morgan fingerprint density at radius 3 is 2.55 bits per heavy atom. The third-order valence-corrected chi connectivity index (χ3v) is 5.47. The van der Waals surface area contributed by atoms with E-state index in [-0.39, 0.29) is 6.61 Å². The Bertz CT molecular complexity index is 1010. The van der Waals surface area contributed by atoms with Crippen LogP contribution in [0.3, 0.4) is 0 Å². The maximum Gasteiger partial charge on any atom is 0.341 e. The summed E-state index contributed by atoms with van der Waals surface area (Å²) in [5.74, 6) is -0.300. The molecule has 7 nitrogen and oxygen atoms in total. The number of esters is 1. The molecule has 7 heteroatoms. The molecule has 1 fully saturated rings. The van der Waals surface area contributed by atoms with Crippen molar-refractivity contribution in [2.75, 3.05) is 20.8 Å². The molecule has 1 aromatic rings. The fourth-order valence-electron chi connectivity index (χ4n) is 3.56. The minimum atomic E-state index is -1.06. The van der Waals surface area contributed by atoms with Crippen LogP contribution in [-0.4, -0.2) is 44.5 Å². The van der Waals surface area contributed by atoms with E-state index in [9.17, 15) is 4.79 Å². The second kappa shape index (κ2) is 9.85. The van der Waals surface area contributed by atoms with Gasteiger partial charge >= 0.3 is 5.97 Å². The normalized spacial score (nSPS) is 24.2. The number of ether oxygens (including phenoxy) is 6.